The second kappa shape index (κ2) is 6.38. The Morgan fingerprint density at radius 3 is 2.63 bits per heavy atom. The summed E-state index contributed by atoms with van der Waals surface area (Å²) in [7, 11) is 0. The zero-order valence-electron chi connectivity index (χ0n) is 12.5. The molecular formula is C16H26N2O. The summed E-state index contributed by atoms with van der Waals surface area (Å²) >= 11 is 0. The highest BCUT2D eigenvalue weighted by Gasteiger charge is 2.16. The summed E-state index contributed by atoms with van der Waals surface area (Å²) in [5.41, 5.74) is 3.35. The highest BCUT2D eigenvalue weighted by Crippen LogP contribution is 2.18. The van der Waals surface area contributed by atoms with Gasteiger partial charge in [-0.3, -0.25) is 4.79 Å². The summed E-state index contributed by atoms with van der Waals surface area (Å²) in [6.07, 6.45) is 6.16. The molecule has 0 bridgehead atoms. The van der Waals surface area contributed by atoms with Gasteiger partial charge in [-0.2, -0.15) is 0 Å². The van der Waals surface area contributed by atoms with Crippen molar-refractivity contribution >= 4 is 0 Å². The van der Waals surface area contributed by atoms with Crippen LogP contribution in [0.3, 0.4) is 0 Å². The number of hydrogen-bond donors (Lipinski definition) is 1. The van der Waals surface area contributed by atoms with E-state index >= 15 is 0 Å². The lowest BCUT2D eigenvalue weighted by molar-refractivity contribution is 0.516. The van der Waals surface area contributed by atoms with Crippen LogP contribution in [0.1, 0.15) is 55.8 Å². The number of aromatic nitrogens is 1. The van der Waals surface area contributed by atoms with Crippen molar-refractivity contribution in [3.8, 4) is 0 Å². The van der Waals surface area contributed by atoms with E-state index in [1.54, 1.807) is 0 Å². The van der Waals surface area contributed by atoms with E-state index in [0.717, 1.165) is 36.3 Å². The fourth-order valence-electron chi connectivity index (χ4n) is 3.06. The highest BCUT2D eigenvalue weighted by molar-refractivity contribution is 5.26. The average Bonchev–Trinajstić information content (AvgIpc) is 2.87. The Bertz CT molecular complexity index is 484. The van der Waals surface area contributed by atoms with Gasteiger partial charge in [0.15, 0.2) is 0 Å². The maximum atomic E-state index is 12.5. The first kappa shape index (κ1) is 14.3. The van der Waals surface area contributed by atoms with Gasteiger partial charge < -0.3 is 9.88 Å². The van der Waals surface area contributed by atoms with Crippen molar-refractivity contribution in [2.75, 3.05) is 0 Å². The Labute approximate surface area is 116 Å². The molecule has 1 aromatic rings. The normalized spacial score (nSPS) is 16.2. The van der Waals surface area contributed by atoms with E-state index < -0.39 is 0 Å². The van der Waals surface area contributed by atoms with Crippen LogP contribution in [0.15, 0.2) is 10.9 Å². The molecule has 0 aliphatic heterocycles. The quantitative estimate of drug-likeness (QED) is 0.885. The van der Waals surface area contributed by atoms with Crippen LogP contribution in [0.5, 0.6) is 0 Å². The largest absolute Gasteiger partial charge is 0.313 e. The molecule has 3 heteroatoms. The molecule has 0 amide bonds. The molecule has 1 aliphatic rings. The number of aryl methyl sites for hydroxylation is 2. The predicted molar refractivity (Wildman–Crippen MR) is 79.6 cm³/mol. The predicted octanol–water partition coefficient (Wildman–Crippen LogP) is 2.91. The zero-order valence-corrected chi connectivity index (χ0v) is 12.5. The summed E-state index contributed by atoms with van der Waals surface area (Å²) in [6.45, 7) is 7.73. The third kappa shape index (κ3) is 3.27. The lowest BCUT2D eigenvalue weighted by atomic mass is 10.1. The molecule has 0 atom stereocenters. The van der Waals surface area contributed by atoms with Gasteiger partial charge in [0.05, 0.1) is 0 Å². The maximum Gasteiger partial charge on any atom is 0.255 e. The average molecular weight is 262 g/mol. The molecule has 1 saturated carbocycles. The van der Waals surface area contributed by atoms with Crippen molar-refractivity contribution in [1.29, 1.82) is 0 Å². The Balaban J connectivity index is 2.18. The van der Waals surface area contributed by atoms with Gasteiger partial charge in [-0.1, -0.05) is 19.8 Å². The minimum Gasteiger partial charge on any atom is -0.313 e. The first-order chi connectivity index (χ1) is 9.13. The van der Waals surface area contributed by atoms with Crippen molar-refractivity contribution in [2.24, 2.45) is 0 Å². The van der Waals surface area contributed by atoms with E-state index in [-0.39, 0.29) is 5.56 Å². The van der Waals surface area contributed by atoms with Crippen LogP contribution in [0, 0.1) is 13.8 Å². The molecule has 106 valence electrons. The van der Waals surface area contributed by atoms with Gasteiger partial charge in [0.1, 0.15) is 0 Å². The lowest BCUT2D eigenvalue weighted by Crippen LogP contribution is -2.33. The molecule has 0 unspecified atom stereocenters. The lowest BCUT2D eigenvalue weighted by Gasteiger charge is -2.16. The Kier molecular flexibility index (Phi) is 4.81. The van der Waals surface area contributed by atoms with Gasteiger partial charge in [0.2, 0.25) is 0 Å². The van der Waals surface area contributed by atoms with Gasteiger partial charge in [0.25, 0.3) is 5.56 Å². The molecule has 3 nitrogen and oxygen atoms in total. The van der Waals surface area contributed by atoms with Gasteiger partial charge in [-0.05, 0) is 44.7 Å². The van der Waals surface area contributed by atoms with E-state index in [1.807, 2.05) is 11.5 Å². The molecule has 1 aliphatic carbocycles. The summed E-state index contributed by atoms with van der Waals surface area (Å²) in [6, 6.07) is 2.75. The van der Waals surface area contributed by atoms with E-state index in [2.05, 4.69) is 25.2 Å². The van der Waals surface area contributed by atoms with Crippen LogP contribution in [-0.4, -0.2) is 10.6 Å². The number of nitrogens with zero attached hydrogens (tertiary/aromatic N) is 1. The van der Waals surface area contributed by atoms with E-state index in [4.69, 9.17) is 0 Å². The van der Waals surface area contributed by atoms with Crippen LogP contribution in [0.4, 0.5) is 0 Å². The number of hydrogen-bond acceptors (Lipinski definition) is 2. The SMILES string of the molecule is CCCn1c(C)cc(C)c(CNC2CCCC2)c1=O. The molecule has 0 radical (unpaired) electrons. The second-order valence-electron chi connectivity index (χ2n) is 5.77. The molecule has 1 aromatic heterocycles. The van der Waals surface area contributed by atoms with Crippen LogP contribution < -0.4 is 10.9 Å². The zero-order chi connectivity index (χ0) is 13.8. The Morgan fingerprint density at radius 2 is 2.00 bits per heavy atom. The minimum absolute atomic E-state index is 0.199. The highest BCUT2D eigenvalue weighted by atomic mass is 16.1. The van der Waals surface area contributed by atoms with Crippen molar-refractivity contribution < 1.29 is 0 Å². The molecule has 0 aromatic carbocycles. The number of rotatable bonds is 5. The summed E-state index contributed by atoms with van der Waals surface area (Å²) in [5, 5.41) is 3.55. The first-order valence-corrected chi connectivity index (χ1v) is 7.56. The molecule has 1 heterocycles. The molecule has 0 spiro atoms. The van der Waals surface area contributed by atoms with Crippen molar-refractivity contribution in [2.45, 2.75) is 72.0 Å². The third-order valence-corrected chi connectivity index (χ3v) is 4.20. The van der Waals surface area contributed by atoms with E-state index in [9.17, 15) is 4.79 Å². The van der Waals surface area contributed by atoms with Crippen LogP contribution in [0.25, 0.3) is 0 Å². The summed E-state index contributed by atoms with van der Waals surface area (Å²) < 4.78 is 1.92. The first-order valence-electron chi connectivity index (χ1n) is 7.56. The molecule has 1 fully saturated rings. The standard InChI is InChI=1S/C16H26N2O/c1-4-9-18-13(3)10-12(2)15(16(18)19)11-17-14-7-5-6-8-14/h10,14,17H,4-9,11H2,1-3H3. The van der Waals surface area contributed by atoms with Crippen molar-refractivity contribution in [1.82, 2.24) is 9.88 Å². The van der Waals surface area contributed by atoms with Crippen molar-refractivity contribution in [3.63, 3.8) is 0 Å². The van der Waals surface area contributed by atoms with Crippen LogP contribution in [-0.2, 0) is 13.1 Å². The minimum atomic E-state index is 0.199. The third-order valence-electron chi connectivity index (χ3n) is 4.20. The number of pyridine rings is 1. The fraction of sp³-hybridized carbons (Fsp3) is 0.688. The van der Waals surface area contributed by atoms with E-state index in [1.165, 1.54) is 25.7 Å². The van der Waals surface area contributed by atoms with Gasteiger partial charge in [-0.15, -0.1) is 0 Å². The molecular weight excluding hydrogens is 236 g/mol. The van der Waals surface area contributed by atoms with Crippen molar-refractivity contribution in [3.05, 3.63) is 33.2 Å². The Morgan fingerprint density at radius 1 is 1.32 bits per heavy atom. The molecule has 19 heavy (non-hydrogen) atoms. The second-order valence-corrected chi connectivity index (χ2v) is 5.77. The smallest absolute Gasteiger partial charge is 0.255 e. The summed E-state index contributed by atoms with van der Waals surface area (Å²) in [4.78, 5) is 12.5. The molecule has 0 saturated heterocycles. The van der Waals surface area contributed by atoms with Crippen LogP contribution in [0.2, 0.25) is 0 Å². The van der Waals surface area contributed by atoms with Gasteiger partial charge >= 0.3 is 0 Å². The summed E-state index contributed by atoms with van der Waals surface area (Å²) in [5.74, 6) is 0. The number of nitrogens with one attached hydrogen (secondary N) is 1. The topological polar surface area (TPSA) is 34.0 Å². The maximum absolute atomic E-state index is 12.5. The fourth-order valence-corrected chi connectivity index (χ4v) is 3.06. The monoisotopic (exact) mass is 262 g/mol. The Hall–Kier alpha value is -1.09. The van der Waals surface area contributed by atoms with E-state index in [0.29, 0.717) is 6.04 Å². The van der Waals surface area contributed by atoms with Gasteiger partial charge in [-0.25, -0.2) is 0 Å². The molecule has 1 N–H and O–H groups in total. The van der Waals surface area contributed by atoms with Gasteiger partial charge in [0, 0.05) is 30.4 Å². The molecule has 2 rings (SSSR count). The van der Waals surface area contributed by atoms with Crippen LogP contribution >= 0.6 is 0 Å².